The molecule has 1 fully saturated rings. The second kappa shape index (κ2) is 8.45. The van der Waals surface area contributed by atoms with Crippen LogP contribution in [0.25, 0.3) is 17.0 Å². The van der Waals surface area contributed by atoms with E-state index in [0.29, 0.717) is 5.02 Å². The Morgan fingerprint density at radius 3 is 2.45 bits per heavy atom. The molecule has 0 aliphatic carbocycles. The third-order valence-electron chi connectivity index (χ3n) is 5.46. The molecule has 1 aromatic carbocycles. The molecule has 31 heavy (non-hydrogen) atoms. The molecule has 1 aliphatic heterocycles. The molecule has 6 nitrogen and oxygen atoms in total. The highest BCUT2D eigenvalue weighted by Gasteiger charge is 2.52. The van der Waals surface area contributed by atoms with Crippen LogP contribution in [0.15, 0.2) is 35.9 Å². The quantitative estimate of drug-likeness (QED) is 0.637. The van der Waals surface area contributed by atoms with Gasteiger partial charge in [-0.05, 0) is 77.7 Å². The van der Waals surface area contributed by atoms with Crippen LogP contribution in [0.5, 0.6) is 0 Å². The first kappa shape index (κ1) is 23.6. The van der Waals surface area contributed by atoms with Crippen LogP contribution in [0.1, 0.15) is 54.0 Å². The Balaban J connectivity index is 1.92. The number of halogens is 1. The van der Waals surface area contributed by atoms with Crippen LogP contribution >= 0.6 is 11.6 Å². The molecule has 1 aliphatic rings. The number of nitrogens with one attached hydrogen (secondary N) is 1. The molecule has 2 aromatic rings. The van der Waals surface area contributed by atoms with E-state index in [1.807, 2.05) is 72.7 Å². The van der Waals surface area contributed by atoms with Crippen LogP contribution in [-0.2, 0) is 14.0 Å². The van der Waals surface area contributed by atoms with E-state index in [4.69, 9.17) is 25.6 Å². The van der Waals surface area contributed by atoms with Crippen molar-refractivity contribution in [3.05, 3.63) is 46.5 Å². The summed E-state index contributed by atoms with van der Waals surface area (Å²) in [6.07, 6.45) is 3.13. The van der Waals surface area contributed by atoms with Crippen LogP contribution < -0.4 is 5.32 Å². The van der Waals surface area contributed by atoms with Crippen molar-refractivity contribution in [3.63, 3.8) is 0 Å². The van der Waals surface area contributed by atoms with Crippen molar-refractivity contribution in [1.29, 1.82) is 0 Å². The van der Waals surface area contributed by atoms with Crippen LogP contribution in [0.2, 0.25) is 5.02 Å². The Kier molecular flexibility index (Phi) is 6.43. The average molecular weight is 445 g/mol. The van der Waals surface area contributed by atoms with E-state index in [1.165, 1.54) is 0 Å². The summed E-state index contributed by atoms with van der Waals surface area (Å²) in [6, 6.07) is 7.58. The number of fused-ring (bicyclic) bond motifs is 1. The third-order valence-corrected chi connectivity index (χ3v) is 5.79. The first-order chi connectivity index (χ1) is 14.3. The second-order valence-corrected chi connectivity index (χ2v) is 10.1. The van der Waals surface area contributed by atoms with E-state index >= 15 is 0 Å². The molecule has 2 heterocycles. The minimum Gasteiger partial charge on any atom is -0.444 e. The van der Waals surface area contributed by atoms with Gasteiger partial charge >= 0.3 is 13.2 Å². The molecular weight excluding hydrogens is 415 g/mol. The summed E-state index contributed by atoms with van der Waals surface area (Å²) in [6.45, 7) is 13.7. The van der Waals surface area contributed by atoms with E-state index in [1.54, 1.807) is 12.3 Å². The lowest BCUT2D eigenvalue weighted by atomic mass is 9.77. The molecule has 0 saturated carbocycles. The van der Waals surface area contributed by atoms with Crippen molar-refractivity contribution in [2.75, 3.05) is 6.54 Å². The SMILES string of the molecule is CC(C)(C)OC(=O)NCC(=Cc1ccc2nccc(Cl)c2c1)B1OC(C)(C)C(C)(C)O1. The van der Waals surface area contributed by atoms with Crippen molar-refractivity contribution in [2.45, 2.75) is 65.3 Å². The molecule has 1 N–H and O–H groups in total. The molecule has 1 saturated heterocycles. The first-order valence-corrected chi connectivity index (χ1v) is 10.7. The van der Waals surface area contributed by atoms with Gasteiger partial charge in [0.05, 0.1) is 21.7 Å². The molecule has 0 unspecified atom stereocenters. The van der Waals surface area contributed by atoms with E-state index in [2.05, 4.69) is 10.3 Å². The Morgan fingerprint density at radius 2 is 1.84 bits per heavy atom. The number of rotatable bonds is 4. The van der Waals surface area contributed by atoms with Gasteiger partial charge in [-0.1, -0.05) is 23.7 Å². The number of nitrogens with zero attached hydrogens (tertiary/aromatic N) is 1. The van der Waals surface area contributed by atoms with Gasteiger partial charge in [0.15, 0.2) is 0 Å². The Hall–Kier alpha value is -2.09. The van der Waals surface area contributed by atoms with Gasteiger partial charge in [0.1, 0.15) is 5.60 Å². The van der Waals surface area contributed by atoms with Crippen molar-refractivity contribution in [2.24, 2.45) is 0 Å². The van der Waals surface area contributed by atoms with Gasteiger partial charge in [0, 0.05) is 18.1 Å². The number of amides is 1. The van der Waals surface area contributed by atoms with Crippen molar-refractivity contribution in [3.8, 4) is 0 Å². The lowest BCUT2D eigenvalue weighted by Crippen LogP contribution is -2.41. The van der Waals surface area contributed by atoms with E-state index < -0.39 is 30.0 Å². The first-order valence-electron chi connectivity index (χ1n) is 10.3. The van der Waals surface area contributed by atoms with Gasteiger partial charge in [-0.2, -0.15) is 0 Å². The van der Waals surface area contributed by atoms with Gasteiger partial charge in [0.25, 0.3) is 0 Å². The van der Waals surface area contributed by atoms with Crippen molar-refractivity contribution >= 4 is 41.8 Å². The second-order valence-electron chi connectivity index (χ2n) is 9.73. The number of aromatic nitrogens is 1. The summed E-state index contributed by atoms with van der Waals surface area (Å²) in [5.74, 6) is 0. The van der Waals surface area contributed by atoms with E-state index in [9.17, 15) is 4.79 Å². The van der Waals surface area contributed by atoms with Crippen LogP contribution in [0.3, 0.4) is 0 Å². The zero-order valence-electron chi connectivity index (χ0n) is 19.2. The number of benzene rings is 1. The van der Waals surface area contributed by atoms with Gasteiger partial charge in [-0.25, -0.2) is 4.79 Å². The van der Waals surface area contributed by atoms with Crippen LogP contribution in [0, 0.1) is 0 Å². The molecule has 0 spiro atoms. The molecule has 0 bridgehead atoms. The normalized spacial score (nSPS) is 18.3. The molecule has 0 atom stereocenters. The Morgan fingerprint density at radius 1 is 1.19 bits per heavy atom. The average Bonchev–Trinajstić information content (AvgIpc) is 2.85. The molecule has 0 radical (unpaired) electrons. The summed E-state index contributed by atoms with van der Waals surface area (Å²) in [4.78, 5) is 16.6. The predicted octanol–water partition coefficient (Wildman–Crippen LogP) is 5.43. The number of pyridine rings is 1. The Bertz CT molecular complexity index is 998. The standard InChI is InChI=1S/C23H30BClN2O4/c1-21(2,3)29-20(28)27-14-16(24-30-22(4,5)23(6,7)31-24)12-15-8-9-19-17(13-15)18(25)10-11-26-19/h8-13H,14H2,1-7H3,(H,27,28). The highest BCUT2D eigenvalue weighted by atomic mass is 35.5. The van der Waals surface area contributed by atoms with Gasteiger partial charge in [-0.15, -0.1) is 0 Å². The highest BCUT2D eigenvalue weighted by molar-refractivity contribution is 6.56. The molecule has 1 aromatic heterocycles. The summed E-state index contributed by atoms with van der Waals surface area (Å²) in [5, 5.41) is 4.29. The molecule has 1 amide bonds. The zero-order valence-corrected chi connectivity index (χ0v) is 20.0. The van der Waals surface area contributed by atoms with Crippen LogP contribution in [0.4, 0.5) is 4.79 Å². The maximum Gasteiger partial charge on any atom is 0.492 e. The topological polar surface area (TPSA) is 69.7 Å². The lowest BCUT2D eigenvalue weighted by molar-refractivity contribution is 0.00578. The molecular formula is C23H30BClN2O4. The van der Waals surface area contributed by atoms with Gasteiger partial charge in [-0.3, -0.25) is 4.98 Å². The fourth-order valence-corrected chi connectivity index (χ4v) is 3.33. The monoisotopic (exact) mass is 444 g/mol. The lowest BCUT2D eigenvalue weighted by Gasteiger charge is -2.32. The van der Waals surface area contributed by atoms with Crippen molar-refractivity contribution in [1.82, 2.24) is 10.3 Å². The predicted molar refractivity (Wildman–Crippen MR) is 125 cm³/mol. The maximum absolute atomic E-state index is 12.2. The summed E-state index contributed by atoms with van der Waals surface area (Å²) in [7, 11) is -0.611. The molecule has 8 heteroatoms. The van der Waals surface area contributed by atoms with Crippen LogP contribution in [-0.4, -0.2) is 41.5 Å². The number of ether oxygens (including phenoxy) is 1. The number of carbonyl (C=O) groups is 1. The smallest absolute Gasteiger partial charge is 0.444 e. The fraction of sp³-hybridized carbons (Fsp3) is 0.478. The number of carbonyl (C=O) groups excluding carboxylic acids is 1. The minimum atomic E-state index is -0.611. The molecule has 166 valence electrons. The van der Waals surface area contributed by atoms with E-state index in [0.717, 1.165) is 21.9 Å². The number of alkyl carbamates (subject to hydrolysis) is 1. The fourth-order valence-electron chi connectivity index (χ4n) is 3.12. The largest absolute Gasteiger partial charge is 0.492 e. The van der Waals surface area contributed by atoms with Gasteiger partial charge in [0.2, 0.25) is 0 Å². The summed E-state index contributed by atoms with van der Waals surface area (Å²) < 4.78 is 17.8. The van der Waals surface area contributed by atoms with Crippen molar-refractivity contribution < 1.29 is 18.8 Å². The third kappa shape index (κ3) is 5.59. The minimum absolute atomic E-state index is 0.213. The molecule has 3 rings (SSSR count). The van der Waals surface area contributed by atoms with E-state index in [-0.39, 0.29) is 6.54 Å². The zero-order chi connectivity index (χ0) is 23.0. The number of hydrogen-bond donors (Lipinski definition) is 1. The highest BCUT2D eigenvalue weighted by Crippen LogP contribution is 2.39. The summed E-state index contributed by atoms with van der Waals surface area (Å²) in [5.41, 5.74) is 0.898. The number of hydrogen-bond acceptors (Lipinski definition) is 5. The van der Waals surface area contributed by atoms with Gasteiger partial charge < -0.3 is 19.4 Å². The maximum atomic E-state index is 12.2. The Labute approximate surface area is 189 Å². The summed E-state index contributed by atoms with van der Waals surface area (Å²) >= 11 is 6.35.